The summed E-state index contributed by atoms with van der Waals surface area (Å²) in [5.41, 5.74) is 0. The molecule has 5 heteroatoms. The van der Waals surface area contributed by atoms with Crippen LogP contribution in [0.25, 0.3) is 0 Å². The van der Waals surface area contributed by atoms with E-state index in [4.69, 9.17) is 4.74 Å². The van der Waals surface area contributed by atoms with Crippen LogP contribution in [-0.2, 0) is 9.84 Å². The molecule has 5 nitrogen and oxygen atoms in total. The van der Waals surface area contributed by atoms with Crippen molar-refractivity contribution in [3.8, 4) is 0 Å². The Morgan fingerprint density at radius 3 is 2.41 bits per heavy atom. The molecule has 0 aliphatic carbocycles. The van der Waals surface area contributed by atoms with Crippen LogP contribution in [0, 0.1) is 0 Å². The lowest BCUT2D eigenvalue weighted by Gasteiger charge is -2.25. The minimum atomic E-state index is -0.399. The fourth-order valence-electron chi connectivity index (χ4n) is 1.64. The third-order valence-corrected chi connectivity index (χ3v) is 2.75. The van der Waals surface area contributed by atoms with E-state index in [0.29, 0.717) is 6.42 Å². The minimum Gasteiger partial charge on any atom is -0.445 e. The number of ether oxygens (including phenoxy) is 1. The Labute approximate surface area is 104 Å². The summed E-state index contributed by atoms with van der Waals surface area (Å²) in [7, 11) is 1.55. The van der Waals surface area contributed by atoms with Gasteiger partial charge >= 0.3 is 6.09 Å². The Balaban J connectivity index is 4.12. The van der Waals surface area contributed by atoms with Crippen LogP contribution in [0.15, 0.2) is 0 Å². The molecule has 0 rings (SSSR count). The number of carbonyl (C=O) groups excluding carboxylic acids is 1. The highest BCUT2D eigenvalue weighted by Crippen LogP contribution is 2.07. The van der Waals surface area contributed by atoms with Gasteiger partial charge in [0.25, 0.3) is 0 Å². The fourth-order valence-corrected chi connectivity index (χ4v) is 1.64. The molecule has 0 aromatic rings. The van der Waals surface area contributed by atoms with Gasteiger partial charge < -0.3 is 15.0 Å². The maximum atomic E-state index is 11.2. The first-order valence-electron chi connectivity index (χ1n) is 6.36. The first-order valence-corrected chi connectivity index (χ1v) is 6.36. The van der Waals surface area contributed by atoms with Gasteiger partial charge in [0.2, 0.25) is 0 Å². The molecule has 0 saturated carbocycles. The number of nitrogens with zero attached hydrogens (tertiary/aromatic N) is 1. The normalized spacial score (nSPS) is 12.5. The molecule has 101 valence electrons. The van der Waals surface area contributed by atoms with Crippen molar-refractivity contribution >= 4 is 6.09 Å². The maximum Gasteiger partial charge on any atom is 0.407 e. The van der Waals surface area contributed by atoms with E-state index >= 15 is 0 Å². The van der Waals surface area contributed by atoms with Crippen molar-refractivity contribution in [2.75, 3.05) is 33.3 Å². The first-order chi connectivity index (χ1) is 8.17. The van der Waals surface area contributed by atoms with Crippen LogP contribution in [0.5, 0.6) is 0 Å². The average molecular weight is 245 g/mol. The van der Waals surface area contributed by atoms with Crippen molar-refractivity contribution < 1.29 is 14.6 Å². The number of hydrogen-bond donors (Lipinski definition) is 1. The molecule has 0 bridgehead atoms. The summed E-state index contributed by atoms with van der Waals surface area (Å²) in [5, 5.41) is 12.8. The Kier molecular flexibility index (Phi) is 9.86. The molecule has 0 heterocycles. The van der Waals surface area contributed by atoms with Crippen molar-refractivity contribution in [3.05, 3.63) is 0 Å². The zero-order chi connectivity index (χ0) is 13.1. The van der Waals surface area contributed by atoms with E-state index in [0.717, 1.165) is 32.5 Å². The van der Waals surface area contributed by atoms with Gasteiger partial charge in [0, 0.05) is 13.6 Å². The average Bonchev–Trinajstić information content (AvgIpc) is 2.35. The maximum absolute atomic E-state index is 11.2. The van der Waals surface area contributed by atoms with E-state index < -0.39 is 6.09 Å². The largest absolute Gasteiger partial charge is 0.445 e. The number of likely N-dealkylation sites (N-methyl/N-ethyl adjacent to an activating group) is 1. The molecule has 1 unspecified atom stereocenters. The van der Waals surface area contributed by atoms with E-state index in [1.807, 2.05) is 0 Å². The molecule has 0 spiro atoms. The molecule has 0 aromatic heterocycles. The first kappa shape index (κ1) is 16.2. The summed E-state index contributed by atoms with van der Waals surface area (Å²) in [6.45, 7) is 6.71. The lowest BCUT2D eigenvalue weighted by atomic mass is 10.1. The second kappa shape index (κ2) is 10.4. The fraction of sp³-hybridized carbons (Fsp3) is 0.917. The number of alkyl carbamates (subject to hydrolysis) is 1. The third-order valence-electron chi connectivity index (χ3n) is 2.75. The third kappa shape index (κ3) is 7.99. The van der Waals surface area contributed by atoms with Crippen molar-refractivity contribution in [1.82, 2.24) is 10.2 Å². The van der Waals surface area contributed by atoms with E-state index in [-0.39, 0.29) is 12.7 Å². The Morgan fingerprint density at radius 2 is 1.94 bits per heavy atom. The molecule has 1 radical (unpaired) electrons. The second-order valence-electron chi connectivity index (χ2n) is 3.96. The smallest absolute Gasteiger partial charge is 0.407 e. The van der Waals surface area contributed by atoms with Gasteiger partial charge in [0.15, 0.2) is 0 Å². The monoisotopic (exact) mass is 245 g/mol. The van der Waals surface area contributed by atoms with Gasteiger partial charge in [-0.25, -0.2) is 9.90 Å². The number of nitrogens with one attached hydrogen (secondary N) is 1. The Bertz CT molecular complexity index is 196. The summed E-state index contributed by atoms with van der Waals surface area (Å²) >= 11 is 0. The summed E-state index contributed by atoms with van der Waals surface area (Å²) in [4.78, 5) is 13.4. The van der Waals surface area contributed by atoms with Crippen LogP contribution in [0.4, 0.5) is 4.79 Å². The van der Waals surface area contributed by atoms with Crippen LogP contribution < -0.4 is 5.32 Å². The zero-order valence-electron chi connectivity index (χ0n) is 11.2. The highest BCUT2D eigenvalue weighted by Gasteiger charge is 2.16. The van der Waals surface area contributed by atoms with Gasteiger partial charge in [-0.2, -0.15) is 0 Å². The van der Waals surface area contributed by atoms with Crippen molar-refractivity contribution in [2.45, 2.75) is 39.2 Å². The van der Waals surface area contributed by atoms with Gasteiger partial charge in [0.05, 0.1) is 6.61 Å². The lowest BCUT2D eigenvalue weighted by molar-refractivity contribution is 0.0655. The molecule has 0 saturated heterocycles. The topological polar surface area (TPSA) is 61.5 Å². The van der Waals surface area contributed by atoms with Crippen molar-refractivity contribution in [1.29, 1.82) is 0 Å². The zero-order valence-corrected chi connectivity index (χ0v) is 11.2. The molecule has 1 N–H and O–H groups in total. The summed E-state index contributed by atoms with van der Waals surface area (Å²) < 4.78 is 5.29. The molecule has 17 heavy (non-hydrogen) atoms. The Morgan fingerprint density at radius 1 is 1.29 bits per heavy atom. The lowest BCUT2D eigenvalue weighted by Crippen LogP contribution is -2.37. The van der Waals surface area contributed by atoms with Crippen LogP contribution in [-0.4, -0.2) is 50.4 Å². The number of hydrogen-bond acceptors (Lipinski definition) is 3. The van der Waals surface area contributed by atoms with Crippen LogP contribution >= 0.6 is 0 Å². The quantitative estimate of drug-likeness (QED) is 0.628. The molecule has 0 aliphatic rings. The minimum absolute atomic E-state index is 0.0576. The molecular formula is C12H25N2O3. The molecular weight excluding hydrogens is 220 g/mol. The SMILES string of the molecule is CCN(CC)CC(CCCC[O])OC(=O)NC. The summed E-state index contributed by atoms with van der Waals surface area (Å²) in [6, 6.07) is 0. The van der Waals surface area contributed by atoms with Crippen LogP contribution in [0.3, 0.4) is 0 Å². The van der Waals surface area contributed by atoms with Gasteiger partial charge in [-0.15, -0.1) is 0 Å². The predicted octanol–water partition coefficient (Wildman–Crippen LogP) is 1.65. The number of amides is 1. The van der Waals surface area contributed by atoms with E-state index in [9.17, 15) is 9.90 Å². The van der Waals surface area contributed by atoms with Gasteiger partial charge in [0.1, 0.15) is 6.10 Å². The molecule has 1 atom stereocenters. The van der Waals surface area contributed by atoms with E-state index in [2.05, 4.69) is 24.1 Å². The summed E-state index contributed by atoms with van der Waals surface area (Å²) in [6.07, 6.45) is 1.69. The number of unbranched alkanes of at least 4 members (excludes halogenated alkanes) is 1. The van der Waals surface area contributed by atoms with E-state index in [1.165, 1.54) is 0 Å². The van der Waals surface area contributed by atoms with Gasteiger partial charge in [-0.05, 0) is 32.4 Å². The molecule has 0 aliphatic heterocycles. The Hall–Kier alpha value is -0.810. The summed E-state index contributed by atoms with van der Waals surface area (Å²) in [5.74, 6) is 0. The number of rotatable bonds is 9. The van der Waals surface area contributed by atoms with Crippen LogP contribution in [0.2, 0.25) is 0 Å². The predicted molar refractivity (Wildman–Crippen MR) is 66.5 cm³/mol. The van der Waals surface area contributed by atoms with Crippen molar-refractivity contribution in [2.24, 2.45) is 0 Å². The second-order valence-corrected chi connectivity index (χ2v) is 3.96. The highest BCUT2D eigenvalue weighted by atomic mass is 16.6. The molecule has 1 amide bonds. The van der Waals surface area contributed by atoms with Crippen LogP contribution in [0.1, 0.15) is 33.1 Å². The van der Waals surface area contributed by atoms with E-state index in [1.54, 1.807) is 7.05 Å². The number of carbonyl (C=O) groups is 1. The van der Waals surface area contributed by atoms with Gasteiger partial charge in [-0.3, -0.25) is 0 Å². The van der Waals surface area contributed by atoms with Gasteiger partial charge in [-0.1, -0.05) is 13.8 Å². The van der Waals surface area contributed by atoms with Crippen molar-refractivity contribution in [3.63, 3.8) is 0 Å². The molecule has 0 fully saturated rings. The molecule has 0 aromatic carbocycles. The standard InChI is InChI=1S/C12H25N2O3/c1-4-14(5-2)10-11(8-6-7-9-15)17-12(16)13-3/h11H,4-10H2,1-3H3,(H,13,16). The highest BCUT2D eigenvalue weighted by molar-refractivity contribution is 5.66.